The molecule has 0 fully saturated rings. The first-order valence-corrected chi connectivity index (χ1v) is 19.6. The van der Waals surface area contributed by atoms with Gasteiger partial charge >= 0.3 is 180 Å². The molecule has 4 aromatic rings. The van der Waals surface area contributed by atoms with Crippen molar-refractivity contribution in [1.82, 2.24) is 15.0 Å². The number of nitrogens with one attached hydrogen (secondary N) is 3. The molecular weight excluding hydrogens is 1010 g/mol. The van der Waals surface area contributed by atoms with E-state index in [1.54, 1.807) is 6.07 Å². The predicted octanol–water partition coefficient (Wildman–Crippen LogP) is -14.9. The Kier molecular flexibility index (Phi) is 34.0. The third-order valence-electron chi connectivity index (χ3n) is 5.70. The number of phenols is 1. The first kappa shape index (κ1) is 67.1. The second kappa shape index (κ2) is 31.4. The van der Waals surface area contributed by atoms with E-state index in [0.717, 1.165) is 24.3 Å². The Balaban J connectivity index is -0.000000881. The number of phenolic OH excluding ortho intramolecular Hbond substituents is 1. The van der Waals surface area contributed by atoms with Gasteiger partial charge in [0.2, 0.25) is 17.2 Å². The maximum absolute atomic E-state index is 12.1. The third kappa shape index (κ3) is 23.6. The van der Waals surface area contributed by atoms with Crippen LogP contribution in [0.2, 0.25) is 5.28 Å². The molecule has 302 valence electrons. The molecule has 0 unspecified atom stereocenters. The monoisotopic (exact) mass is 1020 g/mol. The van der Waals surface area contributed by atoms with E-state index in [-0.39, 0.29) is 193 Å². The number of allylic oxidation sites excluding steroid dienone is 1. The molecule has 0 spiro atoms. The number of nitrogen functional groups attached to an aromatic ring is 1. The molecule has 0 atom stereocenters. The van der Waals surface area contributed by atoms with Crippen molar-refractivity contribution in [2.45, 2.75) is 9.79 Å². The van der Waals surface area contributed by atoms with Crippen LogP contribution in [0, 0.1) is 23.6 Å². The van der Waals surface area contributed by atoms with Gasteiger partial charge in [-0.2, -0.15) is 68.6 Å². The van der Waals surface area contributed by atoms with Gasteiger partial charge in [0.15, 0.2) is 0 Å². The van der Waals surface area contributed by atoms with Crippen LogP contribution >= 0.6 is 11.6 Å². The summed E-state index contributed by atoms with van der Waals surface area (Å²) in [5.41, 5.74) is 6.02. The Bertz CT molecular complexity index is 2810. The quantitative estimate of drug-likeness (QED) is 0.0360. The molecule has 3 aromatic carbocycles. The summed E-state index contributed by atoms with van der Waals surface area (Å²) < 4.78 is 147. The van der Waals surface area contributed by atoms with Gasteiger partial charge in [-0.3, -0.25) is 0 Å². The number of hydrogen-bond donors (Lipinski definition) is 5. The fourth-order valence-electron chi connectivity index (χ4n) is 3.82. The second-order valence-corrected chi connectivity index (χ2v) is 13.5. The molecule has 0 saturated heterocycles. The summed E-state index contributed by atoms with van der Waals surface area (Å²) in [6, 6.07) is 13.9. The maximum Gasteiger partial charge on any atom is 1.00 e. The van der Waals surface area contributed by atoms with E-state index >= 15 is 0 Å². The second-order valence-electron chi connectivity index (χ2n) is 9.29. The van der Waals surface area contributed by atoms with E-state index < -0.39 is 79.0 Å². The van der Waals surface area contributed by atoms with Crippen LogP contribution in [0.15, 0.2) is 67.6 Å². The van der Waals surface area contributed by atoms with Crippen molar-refractivity contribution in [2.75, 3.05) is 16.5 Å². The van der Waals surface area contributed by atoms with Gasteiger partial charge < -0.3 is 36.1 Å². The predicted molar refractivity (Wildman–Crippen MR) is 186 cm³/mol. The van der Waals surface area contributed by atoms with Crippen LogP contribution in [0.4, 0.5) is 34.6 Å². The van der Waals surface area contributed by atoms with Crippen LogP contribution in [0.1, 0.15) is 11.1 Å². The Morgan fingerprint density at radius 3 is 1.87 bits per heavy atom. The van der Waals surface area contributed by atoms with Crippen LogP contribution in [-0.2, 0) is 52.1 Å². The zero-order valence-corrected chi connectivity index (χ0v) is 46.7. The fraction of sp³-hybridized carbons (Fsp3) is 0. The molecule has 26 nitrogen and oxygen atoms in total. The standard InChI is InChI=1S/C25H16ClN10O7S2.5Na.3O3S/c26-23-30-24(28)32-25(31-23)29-13-4-3-5-14(11-13)33-36-21-18(45(41,42)43)10-12-8-9-16(20(27)19(12)22(21)37)35-34-15-6-1-2-7-17(15)44(38,39)40;;;;;;3*1-4(2)3/h2-4,6-8,10-11,27,34,37H,(H,38,39,40)(H,41,42,43)(H3,28,29,30,31,32);;;;;;;;/q-3;5*+1;;;/p-2. The zero-order valence-electron chi connectivity index (χ0n) is 31.9. The molecule has 1 aromatic heterocycles. The Morgan fingerprint density at radius 2 is 1.35 bits per heavy atom. The van der Waals surface area contributed by atoms with Crippen molar-refractivity contribution in [2.24, 2.45) is 15.3 Å². The number of benzene rings is 3. The van der Waals surface area contributed by atoms with Crippen LogP contribution in [0.5, 0.6) is 5.75 Å². The average molecular weight is 1020 g/mol. The minimum Gasteiger partial charge on any atom is -0.746 e. The number of halogens is 1. The number of hydrogen-bond acceptors (Lipinski definition) is 26. The van der Waals surface area contributed by atoms with Crippen molar-refractivity contribution in [3.05, 3.63) is 77.1 Å². The molecule has 0 bridgehead atoms. The minimum atomic E-state index is -5.23. The number of rotatable bonds is 8. The largest absolute Gasteiger partial charge is 1.00 e. The van der Waals surface area contributed by atoms with Gasteiger partial charge in [-0.1, -0.05) is 17.3 Å². The summed E-state index contributed by atoms with van der Waals surface area (Å²) in [4.78, 5) is 9.82. The molecule has 0 radical (unpaired) electrons. The van der Waals surface area contributed by atoms with E-state index in [2.05, 4.69) is 59.2 Å². The molecule has 6 N–H and O–H groups in total. The molecule has 37 heteroatoms. The van der Waals surface area contributed by atoms with Crippen molar-refractivity contribution in [1.29, 1.82) is 5.41 Å². The molecule has 0 saturated carbocycles. The zero-order chi connectivity index (χ0) is 43.2. The first-order valence-electron chi connectivity index (χ1n) is 13.4. The Morgan fingerprint density at radius 1 is 0.806 bits per heavy atom. The number of fused-ring (bicyclic) bond motifs is 1. The number of aromatic hydroxyl groups is 1. The molecule has 0 amide bonds. The third-order valence-corrected chi connectivity index (χ3v) is 7.61. The Hall–Kier alpha value is -1.48. The van der Waals surface area contributed by atoms with Crippen molar-refractivity contribution < 1.29 is 217 Å². The number of nitrogens with zero attached hydrogens (tertiary/aromatic N) is 6. The number of hydrazone groups is 1. The molecule has 62 heavy (non-hydrogen) atoms. The van der Waals surface area contributed by atoms with Gasteiger partial charge in [-0.15, -0.1) is 60.7 Å². The number of nitrogens with two attached hydrogens (primary N) is 1. The summed E-state index contributed by atoms with van der Waals surface area (Å²) in [6.07, 6.45) is 3.70. The summed E-state index contributed by atoms with van der Waals surface area (Å²) in [5.74, 6) is -1.04. The number of anilines is 4. The Labute approximate surface area is 470 Å². The molecule has 0 aliphatic heterocycles. The van der Waals surface area contributed by atoms with Gasteiger partial charge in [-0.05, 0) is 39.3 Å². The molecular formula is C25H14ClN10Na5O16S5. The fourth-order valence-corrected chi connectivity index (χ4v) is 5.24. The van der Waals surface area contributed by atoms with Gasteiger partial charge in [-0.25, -0.2) is 21.9 Å². The minimum absolute atomic E-state index is 0. The van der Waals surface area contributed by atoms with Gasteiger partial charge in [0.05, 0.1) is 4.90 Å². The van der Waals surface area contributed by atoms with E-state index in [1.807, 2.05) is 0 Å². The van der Waals surface area contributed by atoms with Crippen molar-refractivity contribution >= 4 is 116 Å². The van der Waals surface area contributed by atoms with E-state index in [9.17, 15) is 31.0 Å². The van der Waals surface area contributed by atoms with Crippen LogP contribution in [0.25, 0.3) is 6.08 Å². The van der Waals surface area contributed by atoms with E-state index in [0.29, 0.717) is 5.69 Å². The van der Waals surface area contributed by atoms with Gasteiger partial charge in [0.1, 0.15) is 31.7 Å². The SMILES string of the molecule is N=C1C(=NNc2c[c-]ccc2S(=O)(=O)[O-])[C-]=Cc2cc(S(=O)(=O)[O-])c(N=Nc3[c-]ccc(Nc4nc(N)nc(Cl)n4)c3)c(O)c21.O=S(=O)=O.O=S(=O)=O.O=S(=O)=O.[Na+].[Na+].[Na+].[Na+].[Na+]. The smallest absolute Gasteiger partial charge is 0.746 e. The molecule has 1 heterocycles. The molecule has 1 aliphatic rings. The summed E-state index contributed by atoms with van der Waals surface area (Å²) in [7, 11) is -19.5. The topological polar surface area (TPSA) is 438 Å². The number of azo groups is 1. The summed E-state index contributed by atoms with van der Waals surface area (Å²) in [5, 5.41) is 33.8. The maximum atomic E-state index is 12.1. The number of aromatic nitrogens is 3. The average Bonchev–Trinajstić information content (AvgIpc) is 3.05. The normalized spacial score (nSPS) is 11.4. The van der Waals surface area contributed by atoms with Crippen LogP contribution in [0.3, 0.4) is 0 Å². The van der Waals surface area contributed by atoms with Gasteiger partial charge in [0.25, 0.3) is 0 Å². The van der Waals surface area contributed by atoms with Crippen molar-refractivity contribution in [3.8, 4) is 5.75 Å². The summed E-state index contributed by atoms with van der Waals surface area (Å²) >= 11 is 5.78. The summed E-state index contributed by atoms with van der Waals surface area (Å²) in [6.45, 7) is 0. The van der Waals surface area contributed by atoms with Crippen molar-refractivity contribution in [3.63, 3.8) is 0 Å². The van der Waals surface area contributed by atoms with E-state index in [1.165, 1.54) is 18.2 Å². The molecule has 5 rings (SSSR count). The van der Waals surface area contributed by atoms with Crippen LogP contribution < -0.4 is 164 Å². The van der Waals surface area contributed by atoms with Crippen LogP contribution in [-0.4, -0.2) is 95.3 Å². The first-order chi connectivity index (χ1) is 26.4. The van der Waals surface area contributed by atoms with E-state index in [4.69, 9.17) is 60.6 Å². The molecule has 1 aliphatic carbocycles. The van der Waals surface area contributed by atoms with Gasteiger partial charge in [0, 0.05) is 0 Å².